The number of aliphatic hydroxyl groups excluding tert-OH is 1. The molecule has 14 heavy (non-hydrogen) atoms. The van der Waals surface area contributed by atoms with E-state index in [4.69, 9.17) is 0 Å². The highest BCUT2D eigenvalue weighted by Gasteiger charge is 2.44. The van der Waals surface area contributed by atoms with E-state index in [-0.39, 0.29) is 17.1 Å². The highest BCUT2D eigenvalue weighted by atomic mass is 16.3. The third-order valence-corrected chi connectivity index (χ3v) is 3.11. The second-order valence-corrected chi connectivity index (χ2v) is 6.53. The molecule has 84 valence electrons. The molecule has 2 atom stereocenters. The second kappa shape index (κ2) is 3.49. The van der Waals surface area contributed by atoms with Crippen molar-refractivity contribution in [3.63, 3.8) is 0 Å². The standard InChI is InChI=1S/C12H25NO/c1-11(2,3)10-9(14)7-8-13(10)12(4,5)6/h9-10,14H,7-8H2,1-6H3/t9-,10-/m0/s1. The lowest BCUT2D eigenvalue weighted by molar-refractivity contribution is 0.00316. The van der Waals surface area contributed by atoms with Gasteiger partial charge in [-0.3, -0.25) is 4.90 Å². The van der Waals surface area contributed by atoms with E-state index in [1.807, 2.05) is 0 Å². The van der Waals surface area contributed by atoms with Gasteiger partial charge in [0, 0.05) is 18.1 Å². The molecule has 0 radical (unpaired) electrons. The van der Waals surface area contributed by atoms with E-state index in [9.17, 15) is 5.11 Å². The number of nitrogens with zero attached hydrogens (tertiary/aromatic N) is 1. The smallest absolute Gasteiger partial charge is 0.0712 e. The highest BCUT2D eigenvalue weighted by molar-refractivity contribution is 4.98. The molecule has 0 aromatic carbocycles. The van der Waals surface area contributed by atoms with Crippen LogP contribution in [-0.2, 0) is 0 Å². The van der Waals surface area contributed by atoms with Crippen LogP contribution >= 0.6 is 0 Å². The summed E-state index contributed by atoms with van der Waals surface area (Å²) in [6.45, 7) is 14.3. The summed E-state index contributed by atoms with van der Waals surface area (Å²) in [5.74, 6) is 0. The first-order chi connectivity index (χ1) is 6.14. The van der Waals surface area contributed by atoms with Crippen molar-refractivity contribution >= 4 is 0 Å². The van der Waals surface area contributed by atoms with Gasteiger partial charge in [0.05, 0.1) is 6.10 Å². The molecular formula is C12H25NO. The van der Waals surface area contributed by atoms with E-state index in [1.54, 1.807) is 0 Å². The van der Waals surface area contributed by atoms with E-state index in [1.165, 1.54) is 0 Å². The van der Waals surface area contributed by atoms with Gasteiger partial charge in [-0.05, 0) is 32.6 Å². The molecule has 2 heteroatoms. The van der Waals surface area contributed by atoms with Gasteiger partial charge in [0.15, 0.2) is 0 Å². The number of aliphatic hydroxyl groups is 1. The fourth-order valence-electron chi connectivity index (χ4n) is 2.57. The molecule has 1 aliphatic heterocycles. The molecule has 1 rings (SSSR count). The van der Waals surface area contributed by atoms with Crippen molar-refractivity contribution in [3.8, 4) is 0 Å². The summed E-state index contributed by atoms with van der Waals surface area (Å²) >= 11 is 0. The molecule has 0 aromatic heterocycles. The van der Waals surface area contributed by atoms with E-state index >= 15 is 0 Å². The number of likely N-dealkylation sites (tertiary alicyclic amines) is 1. The molecule has 0 unspecified atom stereocenters. The predicted molar refractivity (Wildman–Crippen MR) is 60.3 cm³/mol. The summed E-state index contributed by atoms with van der Waals surface area (Å²) in [4.78, 5) is 2.44. The lowest BCUT2D eigenvalue weighted by Crippen LogP contribution is -2.52. The van der Waals surface area contributed by atoms with Crippen LogP contribution in [0.1, 0.15) is 48.0 Å². The molecule has 2 nitrogen and oxygen atoms in total. The summed E-state index contributed by atoms with van der Waals surface area (Å²) < 4.78 is 0. The highest BCUT2D eigenvalue weighted by Crippen LogP contribution is 2.37. The lowest BCUT2D eigenvalue weighted by Gasteiger charge is -2.44. The molecule has 1 aliphatic rings. The van der Waals surface area contributed by atoms with Crippen molar-refractivity contribution in [2.75, 3.05) is 6.54 Å². The predicted octanol–water partition coefficient (Wildman–Crippen LogP) is 2.27. The van der Waals surface area contributed by atoms with Gasteiger partial charge < -0.3 is 5.11 Å². The Morgan fingerprint density at radius 3 is 1.86 bits per heavy atom. The van der Waals surface area contributed by atoms with Gasteiger partial charge in [0.25, 0.3) is 0 Å². The number of rotatable bonds is 0. The molecular weight excluding hydrogens is 174 g/mol. The summed E-state index contributed by atoms with van der Waals surface area (Å²) in [5, 5.41) is 10.0. The van der Waals surface area contributed by atoms with Crippen LogP contribution < -0.4 is 0 Å². The van der Waals surface area contributed by atoms with E-state index in [2.05, 4.69) is 46.4 Å². The van der Waals surface area contributed by atoms with E-state index in [0.717, 1.165) is 13.0 Å². The average Bonchev–Trinajstić information content (AvgIpc) is 2.27. The van der Waals surface area contributed by atoms with Gasteiger partial charge in [0.1, 0.15) is 0 Å². The van der Waals surface area contributed by atoms with Crippen LogP contribution in [-0.4, -0.2) is 34.2 Å². The fraction of sp³-hybridized carbons (Fsp3) is 1.00. The Bertz CT molecular complexity index is 199. The lowest BCUT2D eigenvalue weighted by atomic mass is 9.82. The van der Waals surface area contributed by atoms with Crippen LogP contribution in [0.15, 0.2) is 0 Å². The minimum absolute atomic E-state index is 0.156. The first-order valence-electron chi connectivity index (χ1n) is 5.59. The fourth-order valence-corrected chi connectivity index (χ4v) is 2.57. The van der Waals surface area contributed by atoms with Gasteiger partial charge in [-0.25, -0.2) is 0 Å². The van der Waals surface area contributed by atoms with Crippen LogP contribution in [0.4, 0.5) is 0 Å². The molecule has 0 aliphatic carbocycles. The van der Waals surface area contributed by atoms with Crippen molar-refractivity contribution < 1.29 is 5.11 Å². The molecule has 0 spiro atoms. The van der Waals surface area contributed by atoms with Crippen LogP contribution in [0.5, 0.6) is 0 Å². The summed E-state index contributed by atoms with van der Waals surface area (Å²) in [7, 11) is 0. The average molecular weight is 199 g/mol. The quantitative estimate of drug-likeness (QED) is 0.647. The largest absolute Gasteiger partial charge is 0.391 e. The van der Waals surface area contributed by atoms with Gasteiger partial charge >= 0.3 is 0 Å². The molecule has 1 fully saturated rings. The number of hydrogen-bond donors (Lipinski definition) is 1. The van der Waals surface area contributed by atoms with Gasteiger partial charge in [-0.1, -0.05) is 20.8 Å². The SMILES string of the molecule is CC(C)(C)[C@@H]1[C@@H](O)CCN1C(C)(C)C. The maximum Gasteiger partial charge on any atom is 0.0712 e. The Kier molecular flexibility index (Phi) is 2.99. The Morgan fingerprint density at radius 1 is 1.07 bits per heavy atom. The van der Waals surface area contributed by atoms with Gasteiger partial charge in [-0.15, -0.1) is 0 Å². The molecule has 0 amide bonds. The zero-order chi connectivity index (χ0) is 11.1. The molecule has 0 bridgehead atoms. The van der Waals surface area contributed by atoms with E-state index < -0.39 is 0 Å². The van der Waals surface area contributed by atoms with Crippen LogP contribution in [0.3, 0.4) is 0 Å². The molecule has 0 aromatic rings. The monoisotopic (exact) mass is 199 g/mol. The Balaban J connectivity index is 2.88. The van der Waals surface area contributed by atoms with Crippen molar-refractivity contribution in [1.29, 1.82) is 0 Å². The van der Waals surface area contributed by atoms with Crippen molar-refractivity contribution in [2.24, 2.45) is 5.41 Å². The minimum atomic E-state index is -0.158. The third kappa shape index (κ3) is 2.29. The Labute approximate surface area is 88.3 Å². The summed E-state index contributed by atoms with van der Waals surface area (Å²) in [6, 6.07) is 0.294. The zero-order valence-corrected chi connectivity index (χ0v) is 10.5. The topological polar surface area (TPSA) is 23.5 Å². The molecule has 1 heterocycles. The first-order valence-corrected chi connectivity index (χ1v) is 5.59. The van der Waals surface area contributed by atoms with Crippen molar-refractivity contribution in [3.05, 3.63) is 0 Å². The normalized spacial score (nSPS) is 31.1. The van der Waals surface area contributed by atoms with Crippen molar-refractivity contribution in [1.82, 2.24) is 4.90 Å². The summed E-state index contributed by atoms with van der Waals surface area (Å²) in [6.07, 6.45) is 0.758. The van der Waals surface area contributed by atoms with Crippen LogP contribution in [0.25, 0.3) is 0 Å². The molecule has 1 saturated heterocycles. The van der Waals surface area contributed by atoms with Crippen LogP contribution in [0.2, 0.25) is 0 Å². The number of hydrogen-bond acceptors (Lipinski definition) is 2. The van der Waals surface area contributed by atoms with Crippen molar-refractivity contribution in [2.45, 2.75) is 65.6 Å². The zero-order valence-electron chi connectivity index (χ0n) is 10.5. The maximum absolute atomic E-state index is 10.0. The van der Waals surface area contributed by atoms with Crippen LogP contribution in [0, 0.1) is 5.41 Å². The minimum Gasteiger partial charge on any atom is -0.391 e. The first kappa shape index (κ1) is 12.0. The molecule has 1 N–H and O–H groups in total. The van der Waals surface area contributed by atoms with Gasteiger partial charge in [-0.2, -0.15) is 0 Å². The van der Waals surface area contributed by atoms with Gasteiger partial charge in [0.2, 0.25) is 0 Å². The molecule has 0 saturated carbocycles. The Hall–Kier alpha value is -0.0800. The van der Waals surface area contributed by atoms with E-state index in [0.29, 0.717) is 6.04 Å². The Morgan fingerprint density at radius 2 is 1.57 bits per heavy atom. The maximum atomic E-state index is 10.0. The second-order valence-electron chi connectivity index (χ2n) is 6.53. The summed E-state index contributed by atoms with van der Waals surface area (Å²) in [5.41, 5.74) is 0.318. The third-order valence-electron chi connectivity index (χ3n) is 3.11.